The minimum Gasteiger partial charge on any atom is -0.478 e. The zero-order valence-corrected chi connectivity index (χ0v) is 10.4. The molecule has 1 rings (SSSR count). The Labute approximate surface area is 105 Å². The van der Waals surface area contributed by atoms with Crippen LogP contribution in [-0.4, -0.2) is 41.0 Å². The van der Waals surface area contributed by atoms with Gasteiger partial charge in [-0.05, 0) is 25.1 Å². The average molecular weight is 257 g/mol. The lowest BCUT2D eigenvalue weighted by Gasteiger charge is -2.25. The van der Waals surface area contributed by atoms with Crippen LogP contribution in [0.5, 0.6) is 0 Å². The fourth-order valence-corrected chi connectivity index (χ4v) is 1.25. The van der Waals surface area contributed by atoms with E-state index in [1.54, 1.807) is 6.92 Å². The molecule has 0 bridgehead atoms. The highest BCUT2D eigenvalue weighted by atomic mass is 16.4. The summed E-state index contributed by atoms with van der Waals surface area (Å²) < 4.78 is 0. The predicted molar refractivity (Wildman–Crippen MR) is 69.2 cm³/mol. The van der Waals surface area contributed by atoms with Gasteiger partial charge in [0.1, 0.15) is 0 Å². The van der Waals surface area contributed by atoms with Crippen molar-refractivity contribution in [1.29, 1.82) is 0 Å². The molecule has 0 saturated heterocycles. The lowest BCUT2D eigenvalue weighted by molar-refractivity contribution is 0.0697. The van der Waals surface area contributed by atoms with Gasteiger partial charge in [0.15, 0.2) is 0 Å². The molecule has 0 spiro atoms. The van der Waals surface area contributed by atoms with E-state index in [0.29, 0.717) is 5.69 Å². The molecule has 0 fully saturated rings. The molecule has 0 radical (unpaired) electrons. The normalized spacial score (nSPS) is 11.2. The molecule has 1 atom stereocenters. The van der Waals surface area contributed by atoms with Gasteiger partial charge >= 0.3 is 5.97 Å². The molecule has 0 aliphatic carbocycles. The summed E-state index contributed by atoms with van der Waals surface area (Å²) in [5.41, 5.74) is 6.55. The van der Waals surface area contributed by atoms with Crippen LogP contribution >= 0.6 is 0 Å². The number of anilines is 2. The maximum absolute atomic E-state index is 10.7. The second kappa shape index (κ2) is 7.49. The first-order valence-electron chi connectivity index (χ1n) is 5.19. The van der Waals surface area contributed by atoms with E-state index in [1.807, 2.05) is 0 Å². The van der Waals surface area contributed by atoms with E-state index < -0.39 is 5.97 Å². The van der Waals surface area contributed by atoms with Crippen LogP contribution in [0.2, 0.25) is 0 Å². The Morgan fingerprint density at radius 1 is 1.44 bits per heavy atom. The van der Waals surface area contributed by atoms with Crippen molar-refractivity contribution < 1.29 is 20.1 Å². The number of hydrogen-bond acceptors (Lipinski definition) is 6. The number of aliphatic hydroxyl groups is 2. The van der Waals surface area contributed by atoms with Crippen LogP contribution in [0.1, 0.15) is 17.3 Å². The van der Waals surface area contributed by atoms with Crippen molar-refractivity contribution in [1.82, 2.24) is 0 Å². The Balaban J connectivity index is 0.00000137. The fourth-order valence-electron chi connectivity index (χ4n) is 1.25. The molecule has 0 aliphatic heterocycles. The summed E-state index contributed by atoms with van der Waals surface area (Å²) in [6, 6.07) is 3.97. The number of hydrogen-bond donors (Lipinski definition) is 5. The van der Waals surface area contributed by atoms with Crippen molar-refractivity contribution in [2.75, 3.05) is 24.5 Å². The molecule has 18 heavy (non-hydrogen) atoms. The average Bonchev–Trinajstić information content (AvgIpc) is 2.39. The van der Waals surface area contributed by atoms with E-state index in [9.17, 15) is 4.79 Å². The first-order valence-corrected chi connectivity index (χ1v) is 5.19. The van der Waals surface area contributed by atoms with Gasteiger partial charge in [-0.1, -0.05) is 0 Å². The molecule has 102 valence electrons. The van der Waals surface area contributed by atoms with Crippen molar-refractivity contribution in [2.24, 2.45) is 5.84 Å². The Hall–Kier alpha value is -1.83. The van der Waals surface area contributed by atoms with Gasteiger partial charge in [0, 0.05) is 7.11 Å². The highest BCUT2D eigenvalue weighted by Crippen LogP contribution is 2.23. The van der Waals surface area contributed by atoms with E-state index in [1.165, 1.54) is 23.2 Å². The van der Waals surface area contributed by atoms with Crippen LogP contribution in [0, 0.1) is 0 Å². The monoisotopic (exact) mass is 257 g/mol. The number of carboxylic acid groups (broad SMARTS) is 1. The van der Waals surface area contributed by atoms with E-state index in [2.05, 4.69) is 0 Å². The third-order valence-corrected chi connectivity index (χ3v) is 2.29. The molecule has 1 aromatic carbocycles. The smallest absolute Gasteiger partial charge is 0.335 e. The minimum atomic E-state index is -1.04. The summed E-state index contributed by atoms with van der Waals surface area (Å²) in [7, 11) is 1.00. The summed E-state index contributed by atoms with van der Waals surface area (Å²) >= 11 is 0. The van der Waals surface area contributed by atoms with E-state index in [0.717, 1.165) is 7.11 Å². The summed E-state index contributed by atoms with van der Waals surface area (Å²) in [5.74, 6) is 4.68. The van der Waals surface area contributed by atoms with Gasteiger partial charge in [-0.25, -0.2) is 10.6 Å². The van der Waals surface area contributed by atoms with E-state index >= 15 is 0 Å². The van der Waals surface area contributed by atoms with Crippen LogP contribution in [0.3, 0.4) is 0 Å². The quantitative estimate of drug-likeness (QED) is 0.282. The molecular weight excluding hydrogens is 238 g/mol. The zero-order chi connectivity index (χ0) is 14.3. The number of nitrogens with zero attached hydrogens (tertiary/aromatic N) is 1. The van der Waals surface area contributed by atoms with Crippen molar-refractivity contribution >= 4 is 17.3 Å². The number of carboxylic acids is 1. The molecule has 7 N–H and O–H groups in total. The van der Waals surface area contributed by atoms with Crippen molar-refractivity contribution in [2.45, 2.75) is 13.0 Å². The molecule has 1 aromatic rings. The molecule has 7 heteroatoms. The SMILES string of the molecule is CC(CO)N(N)c1ccc(C(=O)O)cc1N.CO. The van der Waals surface area contributed by atoms with Gasteiger partial charge in [0.2, 0.25) is 0 Å². The number of aromatic carboxylic acids is 1. The largest absolute Gasteiger partial charge is 0.478 e. The minimum absolute atomic E-state index is 0.103. The standard InChI is InChI=1S/C10H15N3O3.CH4O/c1-6(5-14)13(12)9-3-2-7(10(15)16)4-8(9)11;1-2/h2-4,6,14H,5,11-12H2,1H3,(H,15,16);2H,1H3. The Morgan fingerprint density at radius 2 is 2.00 bits per heavy atom. The van der Waals surface area contributed by atoms with Gasteiger partial charge in [0.25, 0.3) is 0 Å². The van der Waals surface area contributed by atoms with Gasteiger partial charge < -0.3 is 26.1 Å². The van der Waals surface area contributed by atoms with E-state index in [-0.39, 0.29) is 23.9 Å². The van der Waals surface area contributed by atoms with Crippen LogP contribution in [-0.2, 0) is 0 Å². The number of aliphatic hydroxyl groups excluding tert-OH is 2. The predicted octanol–water partition coefficient (Wildman–Crippen LogP) is -0.364. The molecule has 0 amide bonds. The highest BCUT2D eigenvalue weighted by molar-refractivity contribution is 5.90. The second-order valence-electron chi connectivity index (χ2n) is 3.52. The summed E-state index contributed by atoms with van der Waals surface area (Å²) in [5, 5.41) is 26.0. The Morgan fingerprint density at radius 3 is 2.39 bits per heavy atom. The van der Waals surface area contributed by atoms with Crippen LogP contribution in [0.25, 0.3) is 0 Å². The van der Waals surface area contributed by atoms with Crippen LogP contribution in [0.15, 0.2) is 18.2 Å². The summed E-state index contributed by atoms with van der Waals surface area (Å²) in [4.78, 5) is 10.7. The number of nitrogen functional groups attached to an aromatic ring is 1. The molecule has 0 heterocycles. The van der Waals surface area contributed by atoms with Crippen LogP contribution < -0.4 is 16.6 Å². The third-order valence-electron chi connectivity index (χ3n) is 2.29. The number of hydrazine groups is 1. The Kier molecular flexibility index (Phi) is 6.73. The van der Waals surface area contributed by atoms with Gasteiger partial charge in [-0.3, -0.25) is 0 Å². The van der Waals surface area contributed by atoms with Crippen molar-refractivity contribution in [3.63, 3.8) is 0 Å². The van der Waals surface area contributed by atoms with Gasteiger partial charge in [-0.2, -0.15) is 0 Å². The highest BCUT2D eigenvalue weighted by Gasteiger charge is 2.14. The maximum atomic E-state index is 10.7. The second-order valence-corrected chi connectivity index (χ2v) is 3.52. The van der Waals surface area contributed by atoms with Crippen molar-refractivity contribution in [3.8, 4) is 0 Å². The first-order chi connectivity index (χ1) is 8.47. The molecular formula is C11H19N3O4. The van der Waals surface area contributed by atoms with Gasteiger partial charge in [-0.15, -0.1) is 0 Å². The molecule has 1 unspecified atom stereocenters. The number of rotatable bonds is 4. The number of benzene rings is 1. The van der Waals surface area contributed by atoms with E-state index in [4.69, 9.17) is 26.9 Å². The first kappa shape index (κ1) is 16.2. The summed E-state index contributed by atoms with van der Waals surface area (Å²) in [6.45, 7) is 1.61. The third kappa shape index (κ3) is 3.88. The summed E-state index contributed by atoms with van der Waals surface area (Å²) in [6.07, 6.45) is 0. The number of nitrogens with two attached hydrogens (primary N) is 2. The topological polar surface area (TPSA) is 133 Å². The Bertz CT molecular complexity index is 398. The lowest BCUT2D eigenvalue weighted by Crippen LogP contribution is -2.42. The molecule has 7 nitrogen and oxygen atoms in total. The zero-order valence-electron chi connectivity index (χ0n) is 10.4. The molecule has 0 saturated carbocycles. The molecule has 0 aromatic heterocycles. The van der Waals surface area contributed by atoms with Gasteiger partial charge in [0.05, 0.1) is 29.6 Å². The lowest BCUT2D eigenvalue weighted by atomic mass is 10.1. The fraction of sp³-hybridized carbons (Fsp3) is 0.364. The van der Waals surface area contributed by atoms with Crippen LogP contribution in [0.4, 0.5) is 11.4 Å². The molecule has 0 aliphatic rings. The van der Waals surface area contributed by atoms with Crippen molar-refractivity contribution in [3.05, 3.63) is 23.8 Å². The number of carbonyl (C=O) groups is 1. The maximum Gasteiger partial charge on any atom is 0.335 e.